The lowest BCUT2D eigenvalue weighted by Gasteiger charge is -2.09. The van der Waals surface area contributed by atoms with Crippen molar-refractivity contribution in [3.8, 4) is 23.3 Å². The van der Waals surface area contributed by atoms with Gasteiger partial charge in [-0.3, -0.25) is 0 Å². The van der Waals surface area contributed by atoms with Crippen molar-refractivity contribution < 1.29 is 23.2 Å². The van der Waals surface area contributed by atoms with Crippen LogP contribution in [-0.2, 0) is 0 Å². The average Bonchev–Trinajstić information content (AvgIpc) is 3.05. The Morgan fingerprint density at radius 1 is 0.923 bits per heavy atom. The Kier molecular flexibility index (Phi) is 8.16. The Bertz CT molecular complexity index is 760. The van der Waals surface area contributed by atoms with Crippen LogP contribution in [0.5, 0.6) is 23.3 Å². The lowest BCUT2D eigenvalue weighted by Crippen LogP contribution is -2.13. The van der Waals surface area contributed by atoms with Gasteiger partial charge in [-0.2, -0.15) is 4.39 Å². The van der Waals surface area contributed by atoms with Gasteiger partial charge in [0.25, 0.3) is 0 Å². The van der Waals surface area contributed by atoms with E-state index in [4.69, 9.17) is 18.8 Å². The van der Waals surface area contributed by atoms with Crippen LogP contribution in [0, 0.1) is 5.13 Å². The van der Waals surface area contributed by atoms with Gasteiger partial charge in [-0.1, -0.05) is 11.3 Å². The molecular formula is C16H14BBrFN2O4S. The summed E-state index contributed by atoms with van der Waals surface area (Å²) in [5, 5.41) is -0.146. The van der Waals surface area contributed by atoms with E-state index in [1.807, 2.05) is 0 Å². The fourth-order valence-electron chi connectivity index (χ4n) is 1.65. The van der Waals surface area contributed by atoms with Gasteiger partial charge >= 0.3 is 7.69 Å². The molecule has 0 bridgehead atoms. The Balaban J connectivity index is 0.000000290. The zero-order valence-corrected chi connectivity index (χ0v) is 16.3. The maximum atomic E-state index is 11.9. The summed E-state index contributed by atoms with van der Waals surface area (Å²) in [5.41, 5.74) is 0. The van der Waals surface area contributed by atoms with Gasteiger partial charge in [0.05, 0.1) is 18.0 Å². The van der Waals surface area contributed by atoms with E-state index in [9.17, 15) is 4.39 Å². The number of thiophene rings is 1. The van der Waals surface area contributed by atoms with E-state index in [-0.39, 0.29) is 5.13 Å². The van der Waals surface area contributed by atoms with Crippen molar-refractivity contribution in [2.24, 2.45) is 0 Å². The van der Waals surface area contributed by atoms with Crippen LogP contribution in [0.3, 0.4) is 0 Å². The average molecular weight is 440 g/mol. The topological polar surface area (TPSA) is 62.7 Å². The van der Waals surface area contributed by atoms with Gasteiger partial charge in [-0.15, -0.1) is 0 Å². The van der Waals surface area contributed by atoms with E-state index in [1.165, 1.54) is 20.3 Å². The van der Waals surface area contributed by atoms with Crippen LogP contribution in [0.1, 0.15) is 0 Å². The van der Waals surface area contributed by atoms with E-state index in [2.05, 4.69) is 25.9 Å². The fourth-order valence-corrected chi connectivity index (χ4v) is 2.70. The summed E-state index contributed by atoms with van der Waals surface area (Å²) in [6.45, 7) is 0. The van der Waals surface area contributed by atoms with Gasteiger partial charge in [-0.05, 0) is 52.3 Å². The molecule has 0 aliphatic heterocycles. The molecule has 0 aromatic carbocycles. The van der Waals surface area contributed by atoms with Crippen LogP contribution < -0.4 is 18.8 Å². The summed E-state index contributed by atoms with van der Waals surface area (Å²) >= 11 is 4.20. The van der Waals surface area contributed by atoms with Gasteiger partial charge < -0.3 is 18.8 Å². The van der Waals surface area contributed by atoms with Gasteiger partial charge in [0.2, 0.25) is 11.8 Å². The summed E-state index contributed by atoms with van der Waals surface area (Å²) < 4.78 is 33.4. The van der Waals surface area contributed by atoms with Crippen molar-refractivity contribution in [2.45, 2.75) is 0 Å². The molecule has 26 heavy (non-hydrogen) atoms. The molecule has 0 atom stereocenters. The molecule has 0 amide bonds. The zero-order valence-electron chi connectivity index (χ0n) is 13.9. The minimum atomic E-state index is -0.146. The van der Waals surface area contributed by atoms with E-state index in [1.54, 1.807) is 42.7 Å². The molecule has 0 fully saturated rings. The van der Waals surface area contributed by atoms with Crippen molar-refractivity contribution >= 4 is 35.0 Å². The number of halogens is 2. The van der Waals surface area contributed by atoms with Crippen molar-refractivity contribution in [1.82, 2.24) is 9.97 Å². The highest BCUT2D eigenvalue weighted by molar-refractivity contribution is 9.11. The van der Waals surface area contributed by atoms with Gasteiger partial charge in [0.15, 0.2) is 16.6 Å². The van der Waals surface area contributed by atoms with Crippen LogP contribution in [0.15, 0.2) is 52.6 Å². The SMILES string of the molecule is COc1cccnc1O[B]Oc1ncccc1OC.Fc1ccc(Br)s1. The number of pyridine rings is 2. The molecule has 0 unspecified atom stereocenters. The minimum Gasteiger partial charge on any atom is -0.510 e. The molecule has 0 saturated carbocycles. The molecule has 135 valence electrons. The molecule has 3 rings (SSSR count). The summed E-state index contributed by atoms with van der Waals surface area (Å²) in [6.07, 6.45) is 3.18. The Hall–Kier alpha value is -2.33. The van der Waals surface area contributed by atoms with Crippen LogP contribution in [0.4, 0.5) is 4.39 Å². The molecule has 10 heteroatoms. The highest BCUT2D eigenvalue weighted by Crippen LogP contribution is 2.24. The second-order valence-corrected chi connectivity index (χ2v) is 6.81. The third kappa shape index (κ3) is 6.19. The fraction of sp³-hybridized carbons (Fsp3) is 0.125. The van der Waals surface area contributed by atoms with Gasteiger partial charge in [-0.25, -0.2) is 9.97 Å². The first kappa shape index (κ1) is 20.0. The monoisotopic (exact) mass is 439 g/mol. The van der Waals surface area contributed by atoms with Gasteiger partial charge in [0, 0.05) is 12.4 Å². The summed E-state index contributed by atoms with van der Waals surface area (Å²) in [7, 11) is 4.19. The largest absolute Gasteiger partial charge is 0.660 e. The maximum Gasteiger partial charge on any atom is 0.660 e. The van der Waals surface area contributed by atoms with Crippen LogP contribution in [-0.4, -0.2) is 31.9 Å². The molecule has 0 saturated heterocycles. The summed E-state index contributed by atoms with van der Waals surface area (Å²) in [5.74, 6) is 1.63. The summed E-state index contributed by atoms with van der Waals surface area (Å²) in [4.78, 5) is 8.03. The smallest absolute Gasteiger partial charge is 0.510 e. The van der Waals surface area contributed by atoms with Crippen LogP contribution in [0.25, 0.3) is 0 Å². The van der Waals surface area contributed by atoms with Crippen molar-refractivity contribution in [3.05, 3.63) is 57.7 Å². The number of methoxy groups -OCH3 is 2. The first-order valence-corrected chi connectivity index (χ1v) is 8.79. The van der Waals surface area contributed by atoms with Crippen LogP contribution in [0.2, 0.25) is 0 Å². The molecule has 0 aliphatic rings. The van der Waals surface area contributed by atoms with Crippen molar-refractivity contribution in [1.29, 1.82) is 0 Å². The Labute approximate surface area is 163 Å². The number of rotatable bonds is 6. The van der Waals surface area contributed by atoms with E-state index in [0.717, 1.165) is 22.8 Å². The highest BCUT2D eigenvalue weighted by Gasteiger charge is 2.11. The first-order valence-electron chi connectivity index (χ1n) is 7.18. The second-order valence-electron chi connectivity index (χ2n) is 4.40. The van der Waals surface area contributed by atoms with Gasteiger partial charge in [0.1, 0.15) is 0 Å². The number of ether oxygens (including phenoxy) is 2. The van der Waals surface area contributed by atoms with Crippen molar-refractivity contribution in [3.63, 3.8) is 0 Å². The van der Waals surface area contributed by atoms with E-state index < -0.39 is 0 Å². The first-order chi connectivity index (χ1) is 12.6. The summed E-state index contributed by atoms with van der Waals surface area (Å²) in [6, 6.07) is 10.1. The zero-order chi connectivity index (χ0) is 18.8. The Morgan fingerprint density at radius 2 is 1.46 bits per heavy atom. The Morgan fingerprint density at radius 3 is 1.81 bits per heavy atom. The molecule has 3 heterocycles. The maximum absolute atomic E-state index is 11.9. The predicted octanol–water partition coefficient (Wildman–Crippen LogP) is 4.14. The van der Waals surface area contributed by atoms with E-state index >= 15 is 0 Å². The molecule has 6 nitrogen and oxygen atoms in total. The standard InChI is InChI=1S/C12H12BN2O4.C4H2BrFS/c1-16-9-5-3-7-14-11(9)18-13-19-12-10(17-2)6-4-8-15-12;5-3-1-2-4(6)7-3/h3-8H,1-2H3;1-2H. The third-order valence-electron chi connectivity index (χ3n) is 2.77. The molecule has 0 aliphatic carbocycles. The second kappa shape index (κ2) is 10.6. The molecule has 3 aromatic heterocycles. The van der Waals surface area contributed by atoms with E-state index in [0.29, 0.717) is 23.3 Å². The molecule has 0 spiro atoms. The molecular weight excluding hydrogens is 426 g/mol. The normalized spacial score (nSPS) is 9.54. The predicted molar refractivity (Wildman–Crippen MR) is 101 cm³/mol. The number of aromatic nitrogens is 2. The lowest BCUT2D eigenvalue weighted by molar-refractivity contribution is 0.359. The molecule has 0 N–H and O–H groups in total. The number of nitrogens with zero attached hydrogens (tertiary/aromatic N) is 2. The quantitative estimate of drug-likeness (QED) is 0.538. The molecule has 3 aromatic rings. The third-order valence-corrected chi connectivity index (χ3v) is 4.18. The molecule has 1 radical (unpaired) electrons. The minimum absolute atomic E-state index is 0.146. The highest BCUT2D eigenvalue weighted by atomic mass is 79.9. The van der Waals surface area contributed by atoms with Crippen LogP contribution >= 0.6 is 27.3 Å². The number of hydrogen-bond acceptors (Lipinski definition) is 7. The number of hydrogen-bond donors (Lipinski definition) is 0. The lowest BCUT2D eigenvalue weighted by atomic mass is 10.3. The van der Waals surface area contributed by atoms with Crippen molar-refractivity contribution in [2.75, 3.05) is 14.2 Å².